The number of carbonyl (C=O) groups is 1. The van der Waals surface area contributed by atoms with Crippen LogP contribution in [0.1, 0.15) is 21.5 Å². The highest BCUT2D eigenvalue weighted by molar-refractivity contribution is 5.75. The van der Waals surface area contributed by atoms with Crippen molar-refractivity contribution in [3.05, 3.63) is 34.9 Å². The lowest BCUT2D eigenvalue weighted by Crippen LogP contribution is -2.36. The van der Waals surface area contributed by atoms with E-state index in [0.717, 1.165) is 0 Å². The van der Waals surface area contributed by atoms with Crippen LogP contribution in [-0.4, -0.2) is 18.6 Å². The molecule has 11 heteroatoms. The molecule has 1 rings (SSSR count). The zero-order valence-corrected chi connectivity index (χ0v) is 10.00. The van der Waals surface area contributed by atoms with Gasteiger partial charge in [-0.2, -0.15) is 43.9 Å². The summed E-state index contributed by atoms with van der Waals surface area (Å²) in [7, 11) is 0. The molecular weight excluding hydrogens is 338 g/mol. The van der Waals surface area contributed by atoms with Crippen molar-refractivity contribution in [1.29, 1.82) is 0 Å². The molecular formula is C11H4F10O. The average molecular weight is 342 g/mol. The summed E-state index contributed by atoms with van der Waals surface area (Å²) < 4.78 is 125. The maximum absolute atomic E-state index is 13.1. The van der Waals surface area contributed by atoms with Gasteiger partial charge in [0.25, 0.3) is 0 Å². The van der Waals surface area contributed by atoms with Crippen molar-refractivity contribution < 1.29 is 48.7 Å². The highest BCUT2D eigenvalue weighted by atomic mass is 19.4. The lowest BCUT2D eigenvalue weighted by Gasteiger charge is -2.24. The first-order chi connectivity index (χ1) is 9.64. The van der Waals surface area contributed by atoms with Gasteiger partial charge in [0, 0.05) is 16.7 Å². The highest BCUT2D eigenvalue weighted by Gasteiger charge is 2.61. The van der Waals surface area contributed by atoms with E-state index in [1.807, 2.05) is 0 Å². The molecule has 0 N–H and O–H groups in total. The first kappa shape index (κ1) is 18.2. The van der Waals surface area contributed by atoms with Crippen molar-refractivity contribution in [2.45, 2.75) is 24.2 Å². The van der Waals surface area contributed by atoms with Crippen LogP contribution >= 0.6 is 0 Å². The smallest absolute Gasteiger partial charge is 0.298 e. The number of alkyl halides is 10. The number of benzene rings is 1. The lowest BCUT2D eigenvalue weighted by atomic mass is 9.97. The fourth-order valence-corrected chi connectivity index (χ4v) is 1.41. The Hall–Kier alpha value is -1.81. The highest BCUT2D eigenvalue weighted by Crippen LogP contribution is 2.48. The molecule has 1 aromatic rings. The molecule has 0 saturated carbocycles. The molecule has 0 unspecified atom stereocenters. The van der Waals surface area contributed by atoms with E-state index in [9.17, 15) is 48.7 Å². The van der Waals surface area contributed by atoms with Crippen molar-refractivity contribution in [3.63, 3.8) is 0 Å². The predicted octanol–water partition coefficient (Wildman–Crippen LogP) is 4.81. The molecule has 0 radical (unpaired) electrons. The Kier molecular flexibility index (Phi) is 4.25. The van der Waals surface area contributed by atoms with Gasteiger partial charge in [-0.3, -0.25) is 4.79 Å². The summed E-state index contributed by atoms with van der Waals surface area (Å²) in [5.74, 6) is -11.4. The number of hydrogen-bond donors (Lipinski definition) is 0. The van der Waals surface area contributed by atoms with Crippen molar-refractivity contribution in [3.8, 4) is 0 Å². The SMILES string of the molecule is O=Cc1cc(C(F)(F)C(F)(F)F)cc(C(F)(F)C(F)(F)F)c1. The van der Waals surface area contributed by atoms with Crippen LogP contribution in [0, 0.1) is 0 Å². The summed E-state index contributed by atoms with van der Waals surface area (Å²) in [6, 6.07) is -0.860. The molecule has 0 fully saturated rings. The first-order valence-electron chi connectivity index (χ1n) is 5.15. The molecule has 22 heavy (non-hydrogen) atoms. The van der Waals surface area contributed by atoms with Gasteiger partial charge >= 0.3 is 24.2 Å². The lowest BCUT2D eigenvalue weighted by molar-refractivity contribution is -0.292. The Labute approximate surface area is 115 Å². The Bertz CT molecular complexity index is 525. The van der Waals surface area contributed by atoms with Crippen LogP contribution in [0.25, 0.3) is 0 Å². The average Bonchev–Trinajstić information content (AvgIpc) is 2.35. The van der Waals surface area contributed by atoms with Crippen LogP contribution in [0.5, 0.6) is 0 Å². The Balaban J connectivity index is 3.60. The maximum Gasteiger partial charge on any atom is 0.458 e. The second-order valence-electron chi connectivity index (χ2n) is 4.11. The van der Waals surface area contributed by atoms with E-state index in [0.29, 0.717) is 0 Å². The second kappa shape index (κ2) is 5.13. The summed E-state index contributed by atoms with van der Waals surface area (Å²) in [6.07, 6.45) is -12.9. The summed E-state index contributed by atoms with van der Waals surface area (Å²) in [6.45, 7) is 0. The van der Waals surface area contributed by atoms with E-state index in [1.54, 1.807) is 0 Å². The van der Waals surface area contributed by atoms with Crippen LogP contribution in [0.4, 0.5) is 43.9 Å². The van der Waals surface area contributed by atoms with Crippen LogP contribution < -0.4 is 0 Å². The summed E-state index contributed by atoms with van der Waals surface area (Å²) in [5.41, 5.74) is -5.56. The van der Waals surface area contributed by atoms with Crippen molar-refractivity contribution in [2.24, 2.45) is 0 Å². The number of carbonyl (C=O) groups excluding carboxylic acids is 1. The third-order valence-electron chi connectivity index (χ3n) is 2.53. The fourth-order valence-electron chi connectivity index (χ4n) is 1.41. The van der Waals surface area contributed by atoms with Gasteiger partial charge in [0.2, 0.25) is 0 Å². The van der Waals surface area contributed by atoms with E-state index in [1.165, 1.54) is 0 Å². The van der Waals surface area contributed by atoms with E-state index < -0.39 is 53.2 Å². The second-order valence-corrected chi connectivity index (χ2v) is 4.11. The molecule has 1 aromatic carbocycles. The van der Waals surface area contributed by atoms with Gasteiger partial charge < -0.3 is 0 Å². The number of aldehydes is 1. The van der Waals surface area contributed by atoms with Gasteiger partial charge in [0.1, 0.15) is 6.29 Å². The molecule has 124 valence electrons. The van der Waals surface area contributed by atoms with Crippen LogP contribution in [0.15, 0.2) is 18.2 Å². The first-order valence-corrected chi connectivity index (χ1v) is 5.15. The van der Waals surface area contributed by atoms with Crippen molar-refractivity contribution >= 4 is 6.29 Å². The van der Waals surface area contributed by atoms with Gasteiger partial charge in [-0.05, 0) is 18.2 Å². The van der Waals surface area contributed by atoms with Crippen molar-refractivity contribution in [2.75, 3.05) is 0 Å². The number of hydrogen-bond acceptors (Lipinski definition) is 1. The molecule has 0 aromatic heterocycles. The zero-order chi connectivity index (χ0) is 17.6. The van der Waals surface area contributed by atoms with Crippen LogP contribution in [0.3, 0.4) is 0 Å². The van der Waals surface area contributed by atoms with Crippen LogP contribution in [0.2, 0.25) is 0 Å². The summed E-state index contributed by atoms with van der Waals surface area (Å²) in [4.78, 5) is 10.4. The van der Waals surface area contributed by atoms with Gasteiger partial charge in [-0.15, -0.1) is 0 Å². The summed E-state index contributed by atoms with van der Waals surface area (Å²) >= 11 is 0. The monoisotopic (exact) mass is 342 g/mol. The normalized spacial score (nSPS) is 14.1. The van der Waals surface area contributed by atoms with E-state index >= 15 is 0 Å². The van der Waals surface area contributed by atoms with E-state index in [4.69, 9.17) is 0 Å². The topological polar surface area (TPSA) is 17.1 Å². The molecule has 1 nitrogen and oxygen atoms in total. The van der Waals surface area contributed by atoms with Crippen molar-refractivity contribution in [1.82, 2.24) is 0 Å². The quantitative estimate of drug-likeness (QED) is 0.569. The van der Waals surface area contributed by atoms with Gasteiger partial charge in [0.05, 0.1) is 0 Å². The standard InChI is InChI=1S/C11H4F10O/c12-8(13,10(16,17)18)6-1-5(4-22)2-7(3-6)9(14,15)11(19,20)21/h1-4H. The number of rotatable bonds is 3. The molecule has 0 amide bonds. The largest absolute Gasteiger partial charge is 0.458 e. The minimum absolute atomic E-state index is 0.115. The minimum atomic E-state index is -6.24. The Morgan fingerprint density at radius 2 is 0.955 bits per heavy atom. The fraction of sp³-hybridized carbons (Fsp3) is 0.364. The molecule has 0 atom stereocenters. The van der Waals surface area contributed by atoms with Gasteiger partial charge in [0.15, 0.2) is 0 Å². The van der Waals surface area contributed by atoms with E-state index in [2.05, 4.69) is 0 Å². The Morgan fingerprint density at radius 3 is 1.18 bits per heavy atom. The molecule has 0 bridgehead atoms. The predicted molar refractivity (Wildman–Crippen MR) is 51.7 cm³/mol. The zero-order valence-electron chi connectivity index (χ0n) is 10.00. The maximum atomic E-state index is 13.1. The molecule has 0 aliphatic rings. The third kappa shape index (κ3) is 3.02. The molecule has 0 aliphatic carbocycles. The molecule has 0 aliphatic heterocycles. The Morgan fingerprint density at radius 1 is 0.636 bits per heavy atom. The summed E-state index contributed by atoms with van der Waals surface area (Å²) in [5, 5.41) is 0. The third-order valence-corrected chi connectivity index (χ3v) is 2.53. The molecule has 0 spiro atoms. The molecule has 0 saturated heterocycles. The molecule has 0 heterocycles. The van der Waals surface area contributed by atoms with Gasteiger partial charge in [-0.25, -0.2) is 0 Å². The van der Waals surface area contributed by atoms with Gasteiger partial charge in [-0.1, -0.05) is 0 Å². The van der Waals surface area contributed by atoms with E-state index in [-0.39, 0.29) is 12.1 Å². The minimum Gasteiger partial charge on any atom is -0.298 e. The van der Waals surface area contributed by atoms with Crippen LogP contribution in [-0.2, 0) is 11.8 Å². The number of halogens is 10.